The van der Waals surface area contributed by atoms with Crippen molar-refractivity contribution in [3.8, 4) is 11.1 Å². The van der Waals surface area contributed by atoms with Crippen molar-refractivity contribution in [2.75, 3.05) is 5.73 Å². The van der Waals surface area contributed by atoms with E-state index in [1.54, 1.807) is 12.1 Å². The highest BCUT2D eigenvalue weighted by Gasteiger charge is 2.07. The van der Waals surface area contributed by atoms with Gasteiger partial charge >= 0.3 is 5.97 Å². The van der Waals surface area contributed by atoms with Crippen LogP contribution in [0.5, 0.6) is 0 Å². The second-order valence-electron chi connectivity index (χ2n) is 3.32. The van der Waals surface area contributed by atoms with Crippen LogP contribution in [0.1, 0.15) is 10.4 Å². The first-order valence-corrected chi connectivity index (χ1v) is 5.07. The van der Waals surface area contributed by atoms with Gasteiger partial charge in [-0.1, -0.05) is 12.1 Å². The molecule has 0 aliphatic carbocycles. The monoisotopic (exact) mass is 249 g/mol. The number of hydrogen-bond donors (Lipinski definition) is 2. The molecule has 1 aromatic heterocycles. The average molecular weight is 250 g/mol. The van der Waals surface area contributed by atoms with Crippen LogP contribution in [-0.4, -0.2) is 21.0 Å². The second-order valence-corrected chi connectivity index (χ2v) is 3.66. The first-order chi connectivity index (χ1) is 8.08. The van der Waals surface area contributed by atoms with Crippen LogP contribution in [0.3, 0.4) is 0 Å². The SMILES string of the molecule is Nc1nc(Cl)ncc1-c1ccc(C(=O)O)cc1. The molecule has 0 radical (unpaired) electrons. The Hall–Kier alpha value is -2.14. The number of carbonyl (C=O) groups is 1. The predicted octanol–water partition coefficient (Wildman–Crippen LogP) is 2.08. The Kier molecular flexibility index (Phi) is 2.93. The summed E-state index contributed by atoms with van der Waals surface area (Å²) in [6.45, 7) is 0. The lowest BCUT2D eigenvalue weighted by Gasteiger charge is -2.04. The highest BCUT2D eigenvalue weighted by atomic mass is 35.5. The van der Waals surface area contributed by atoms with Crippen molar-refractivity contribution in [3.05, 3.63) is 41.3 Å². The van der Waals surface area contributed by atoms with Crippen LogP contribution in [0.4, 0.5) is 5.82 Å². The zero-order valence-electron chi connectivity index (χ0n) is 8.59. The van der Waals surface area contributed by atoms with Crippen molar-refractivity contribution in [2.24, 2.45) is 0 Å². The molecule has 0 amide bonds. The molecule has 17 heavy (non-hydrogen) atoms. The molecule has 1 heterocycles. The van der Waals surface area contributed by atoms with E-state index in [0.29, 0.717) is 5.56 Å². The quantitative estimate of drug-likeness (QED) is 0.796. The van der Waals surface area contributed by atoms with Gasteiger partial charge in [-0.25, -0.2) is 14.8 Å². The van der Waals surface area contributed by atoms with E-state index >= 15 is 0 Å². The fourth-order valence-corrected chi connectivity index (χ4v) is 1.53. The molecule has 1 aromatic carbocycles. The number of carboxylic acid groups (broad SMARTS) is 1. The molecule has 6 heteroatoms. The van der Waals surface area contributed by atoms with E-state index < -0.39 is 5.97 Å². The van der Waals surface area contributed by atoms with Crippen LogP contribution >= 0.6 is 11.6 Å². The van der Waals surface area contributed by atoms with Gasteiger partial charge in [0, 0.05) is 11.8 Å². The number of anilines is 1. The predicted molar refractivity (Wildman–Crippen MR) is 63.8 cm³/mol. The summed E-state index contributed by atoms with van der Waals surface area (Å²) in [6, 6.07) is 6.27. The Morgan fingerprint density at radius 2 is 1.94 bits per heavy atom. The van der Waals surface area contributed by atoms with E-state index in [0.717, 1.165) is 5.56 Å². The first kappa shape index (κ1) is 11.3. The number of rotatable bonds is 2. The summed E-state index contributed by atoms with van der Waals surface area (Å²) in [5.41, 5.74) is 7.27. The lowest BCUT2D eigenvalue weighted by atomic mass is 10.1. The van der Waals surface area contributed by atoms with Gasteiger partial charge < -0.3 is 10.8 Å². The third-order valence-electron chi connectivity index (χ3n) is 2.23. The number of nitrogens with two attached hydrogens (primary N) is 1. The van der Waals surface area contributed by atoms with Crippen molar-refractivity contribution in [3.63, 3.8) is 0 Å². The Morgan fingerprint density at radius 3 is 2.47 bits per heavy atom. The number of nitrogen functional groups attached to an aromatic ring is 1. The zero-order valence-corrected chi connectivity index (χ0v) is 9.35. The third kappa shape index (κ3) is 2.34. The highest BCUT2D eigenvalue weighted by molar-refractivity contribution is 6.28. The summed E-state index contributed by atoms with van der Waals surface area (Å²) in [4.78, 5) is 18.3. The molecule has 0 saturated carbocycles. The molecule has 0 unspecified atom stereocenters. The third-order valence-corrected chi connectivity index (χ3v) is 2.41. The number of hydrogen-bond acceptors (Lipinski definition) is 4. The van der Waals surface area contributed by atoms with Gasteiger partial charge in [0.25, 0.3) is 0 Å². The summed E-state index contributed by atoms with van der Waals surface area (Å²) in [7, 11) is 0. The number of benzene rings is 1. The summed E-state index contributed by atoms with van der Waals surface area (Å²) >= 11 is 5.59. The maximum Gasteiger partial charge on any atom is 0.335 e. The van der Waals surface area contributed by atoms with Crippen molar-refractivity contribution in [2.45, 2.75) is 0 Å². The molecule has 0 atom stereocenters. The van der Waals surface area contributed by atoms with Crippen LogP contribution in [0.2, 0.25) is 5.28 Å². The van der Waals surface area contributed by atoms with Gasteiger partial charge in [0.05, 0.1) is 5.56 Å². The Balaban J connectivity index is 2.43. The van der Waals surface area contributed by atoms with E-state index in [1.165, 1.54) is 18.3 Å². The Bertz CT molecular complexity index is 569. The number of aromatic carboxylic acids is 1. The lowest BCUT2D eigenvalue weighted by Crippen LogP contribution is -1.98. The molecule has 0 fully saturated rings. The van der Waals surface area contributed by atoms with Gasteiger partial charge in [0.2, 0.25) is 5.28 Å². The van der Waals surface area contributed by atoms with Gasteiger partial charge in [-0.05, 0) is 29.3 Å². The van der Waals surface area contributed by atoms with E-state index in [1.807, 2.05) is 0 Å². The van der Waals surface area contributed by atoms with E-state index in [9.17, 15) is 4.79 Å². The molecule has 2 rings (SSSR count). The molecule has 5 nitrogen and oxygen atoms in total. The van der Waals surface area contributed by atoms with E-state index in [2.05, 4.69) is 9.97 Å². The lowest BCUT2D eigenvalue weighted by molar-refractivity contribution is 0.0697. The van der Waals surface area contributed by atoms with Crippen LogP contribution in [0, 0.1) is 0 Å². The smallest absolute Gasteiger partial charge is 0.335 e. The van der Waals surface area contributed by atoms with Crippen molar-refractivity contribution < 1.29 is 9.90 Å². The number of nitrogens with zero attached hydrogens (tertiary/aromatic N) is 2. The van der Waals surface area contributed by atoms with Crippen LogP contribution in [-0.2, 0) is 0 Å². The molecule has 86 valence electrons. The molecule has 2 aromatic rings. The maximum absolute atomic E-state index is 10.7. The maximum atomic E-state index is 10.7. The molecular formula is C11H8ClN3O2. The van der Waals surface area contributed by atoms with E-state index in [-0.39, 0.29) is 16.7 Å². The molecule has 0 aliphatic rings. The number of carboxylic acids is 1. The van der Waals surface area contributed by atoms with Crippen molar-refractivity contribution in [1.29, 1.82) is 0 Å². The molecule has 3 N–H and O–H groups in total. The van der Waals surface area contributed by atoms with Crippen LogP contribution < -0.4 is 5.73 Å². The first-order valence-electron chi connectivity index (χ1n) is 4.69. The fourth-order valence-electron chi connectivity index (χ4n) is 1.39. The average Bonchev–Trinajstić information content (AvgIpc) is 2.29. The van der Waals surface area contributed by atoms with Crippen molar-refractivity contribution >= 4 is 23.4 Å². The molecular weight excluding hydrogens is 242 g/mol. The Labute approximate surface area is 102 Å². The zero-order chi connectivity index (χ0) is 12.4. The fraction of sp³-hybridized carbons (Fsp3) is 0. The van der Waals surface area contributed by atoms with Crippen LogP contribution in [0.25, 0.3) is 11.1 Å². The largest absolute Gasteiger partial charge is 0.478 e. The topological polar surface area (TPSA) is 89.1 Å². The minimum absolute atomic E-state index is 0.0772. The van der Waals surface area contributed by atoms with Crippen LogP contribution in [0.15, 0.2) is 30.5 Å². The second kappa shape index (κ2) is 4.39. The standard InChI is InChI=1S/C11H8ClN3O2/c12-11-14-5-8(9(13)15-11)6-1-3-7(4-2-6)10(16)17/h1-5H,(H,16,17)(H2,13,14,15). The summed E-state index contributed by atoms with van der Waals surface area (Å²) in [5.74, 6) is -0.718. The Morgan fingerprint density at radius 1 is 1.29 bits per heavy atom. The van der Waals surface area contributed by atoms with Gasteiger partial charge in [0.1, 0.15) is 5.82 Å². The van der Waals surface area contributed by atoms with Gasteiger partial charge in [-0.15, -0.1) is 0 Å². The summed E-state index contributed by atoms with van der Waals surface area (Å²) in [6.07, 6.45) is 1.50. The molecule has 0 spiro atoms. The summed E-state index contributed by atoms with van der Waals surface area (Å²) in [5, 5.41) is 8.85. The number of halogens is 1. The van der Waals surface area contributed by atoms with Crippen molar-refractivity contribution in [1.82, 2.24) is 9.97 Å². The number of aromatic nitrogens is 2. The molecule has 0 saturated heterocycles. The highest BCUT2D eigenvalue weighted by Crippen LogP contribution is 2.24. The van der Waals surface area contributed by atoms with E-state index in [4.69, 9.17) is 22.4 Å². The minimum Gasteiger partial charge on any atom is -0.478 e. The normalized spacial score (nSPS) is 10.2. The minimum atomic E-state index is -0.975. The van der Waals surface area contributed by atoms with Gasteiger partial charge in [-0.2, -0.15) is 0 Å². The summed E-state index contributed by atoms with van der Waals surface area (Å²) < 4.78 is 0. The van der Waals surface area contributed by atoms with Gasteiger partial charge in [0.15, 0.2) is 0 Å². The molecule has 0 bridgehead atoms. The molecule has 0 aliphatic heterocycles. The van der Waals surface area contributed by atoms with Gasteiger partial charge in [-0.3, -0.25) is 0 Å².